The molecule has 84 valence electrons. The van der Waals surface area contributed by atoms with Gasteiger partial charge in [-0.15, -0.1) is 11.3 Å². The third kappa shape index (κ3) is 3.14. The molecule has 1 aromatic carbocycles. The van der Waals surface area contributed by atoms with E-state index in [1.165, 1.54) is 0 Å². The van der Waals surface area contributed by atoms with E-state index in [4.69, 9.17) is 0 Å². The van der Waals surface area contributed by atoms with Gasteiger partial charge in [0.05, 0.1) is 11.1 Å². The second kappa shape index (κ2) is 5.57. The molecule has 1 aromatic heterocycles. The molecule has 0 saturated heterocycles. The van der Waals surface area contributed by atoms with E-state index >= 15 is 0 Å². The van der Waals surface area contributed by atoms with Gasteiger partial charge in [-0.25, -0.2) is 4.98 Å². The number of aliphatic hydroxyl groups is 1. The summed E-state index contributed by atoms with van der Waals surface area (Å²) in [5, 5.41) is 12.9. The molecule has 2 nitrogen and oxygen atoms in total. The quantitative estimate of drug-likeness (QED) is 0.941. The smallest absolute Gasteiger partial charge is 0.0950 e. The van der Waals surface area contributed by atoms with Gasteiger partial charge in [0.15, 0.2) is 0 Å². The van der Waals surface area contributed by atoms with Crippen molar-refractivity contribution < 1.29 is 5.11 Å². The second-order valence-corrected chi connectivity index (χ2v) is 5.41. The fourth-order valence-electron chi connectivity index (χ4n) is 1.55. The molecule has 2 rings (SSSR count). The molecule has 0 amide bonds. The Hall–Kier alpha value is -0.710. The molecule has 16 heavy (non-hydrogen) atoms. The molecule has 0 bridgehead atoms. The van der Waals surface area contributed by atoms with Crippen LogP contribution in [0.25, 0.3) is 0 Å². The topological polar surface area (TPSA) is 33.1 Å². The summed E-state index contributed by atoms with van der Waals surface area (Å²) in [6.07, 6.45) is 2.68. The van der Waals surface area contributed by atoms with Crippen molar-refractivity contribution in [2.75, 3.05) is 0 Å². The minimum Gasteiger partial charge on any atom is -0.392 e. The molecule has 0 saturated carbocycles. The number of hydrogen-bond donors (Lipinski definition) is 1. The number of aromatic nitrogens is 1. The van der Waals surface area contributed by atoms with Crippen LogP contribution in [0.15, 0.2) is 40.3 Å². The lowest BCUT2D eigenvalue weighted by Crippen LogP contribution is -2.14. The third-order valence-electron chi connectivity index (χ3n) is 2.31. The Morgan fingerprint density at radius 1 is 1.31 bits per heavy atom. The van der Waals surface area contributed by atoms with Crippen molar-refractivity contribution in [3.8, 4) is 0 Å². The van der Waals surface area contributed by atoms with Gasteiger partial charge < -0.3 is 5.11 Å². The SMILES string of the molecule is OC(Cc1nccs1)Cc1ccccc1Br. The lowest BCUT2D eigenvalue weighted by molar-refractivity contribution is 0.175. The van der Waals surface area contributed by atoms with Crippen LogP contribution in [0.4, 0.5) is 0 Å². The normalized spacial score (nSPS) is 12.6. The van der Waals surface area contributed by atoms with Gasteiger partial charge in [-0.05, 0) is 18.1 Å². The van der Waals surface area contributed by atoms with Crippen LogP contribution in [0.5, 0.6) is 0 Å². The number of nitrogens with zero attached hydrogens (tertiary/aromatic N) is 1. The second-order valence-electron chi connectivity index (χ2n) is 3.58. The molecule has 4 heteroatoms. The minimum absolute atomic E-state index is 0.371. The molecule has 0 aliphatic rings. The largest absolute Gasteiger partial charge is 0.392 e. The average molecular weight is 298 g/mol. The third-order valence-corrected chi connectivity index (χ3v) is 3.88. The number of rotatable bonds is 4. The fraction of sp³-hybridized carbons (Fsp3) is 0.250. The van der Waals surface area contributed by atoms with Crippen molar-refractivity contribution in [2.45, 2.75) is 18.9 Å². The van der Waals surface area contributed by atoms with Gasteiger partial charge in [-0.2, -0.15) is 0 Å². The molecule has 0 radical (unpaired) electrons. The van der Waals surface area contributed by atoms with E-state index in [1.54, 1.807) is 17.5 Å². The van der Waals surface area contributed by atoms with E-state index in [2.05, 4.69) is 20.9 Å². The fourth-order valence-corrected chi connectivity index (χ4v) is 2.68. The Balaban J connectivity index is 1.97. The van der Waals surface area contributed by atoms with Crippen molar-refractivity contribution in [2.24, 2.45) is 0 Å². The summed E-state index contributed by atoms with van der Waals surface area (Å²) < 4.78 is 1.05. The van der Waals surface area contributed by atoms with Gasteiger partial charge >= 0.3 is 0 Å². The summed E-state index contributed by atoms with van der Waals surface area (Å²) in [5.74, 6) is 0. The summed E-state index contributed by atoms with van der Waals surface area (Å²) in [7, 11) is 0. The van der Waals surface area contributed by atoms with Crippen LogP contribution in [0.3, 0.4) is 0 Å². The van der Waals surface area contributed by atoms with Gasteiger partial charge in [0.1, 0.15) is 0 Å². The first-order valence-electron chi connectivity index (χ1n) is 5.05. The highest BCUT2D eigenvalue weighted by atomic mass is 79.9. The zero-order valence-corrected chi connectivity index (χ0v) is 11.0. The number of benzene rings is 1. The Morgan fingerprint density at radius 3 is 2.81 bits per heavy atom. The monoisotopic (exact) mass is 297 g/mol. The standard InChI is InChI=1S/C12H12BrNOS/c13-11-4-2-1-3-9(11)7-10(15)8-12-14-5-6-16-12/h1-6,10,15H,7-8H2. The molecule has 1 heterocycles. The van der Waals surface area contributed by atoms with Crippen LogP contribution >= 0.6 is 27.3 Å². The predicted octanol–water partition coefficient (Wildman–Crippen LogP) is 3.05. The molecule has 0 fully saturated rings. The molecule has 1 atom stereocenters. The Bertz CT molecular complexity index is 444. The number of hydrogen-bond acceptors (Lipinski definition) is 3. The summed E-state index contributed by atoms with van der Waals surface area (Å²) in [5.41, 5.74) is 1.13. The maximum Gasteiger partial charge on any atom is 0.0950 e. The maximum atomic E-state index is 9.94. The number of halogens is 1. The van der Waals surface area contributed by atoms with Crippen LogP contribution in [0, 0.1) is 0 Å². The van der Waals surface area contributed by atoms with Crippen LogP contribution in [0.1, 0.15) is 10.6 Å². The highest BCUT2D eigenvalue weighted by molar-refractivity contribution is 9.10. The van der Waals surface area contributed by atoms with E-state index in [-0.39, 0.29) is 6.10 Å². The first-order chi connectivity index (χ1) is 7.75. The van der Waals surface area contributed by atoms with E-state index in [0.717, 1.165) is 15.0 Å². The summed E-state index contributed by atoms with van der Waals surface area (Å²) >= 11 is 5.06. The van der Waals surface area contributed by atoms with E-state index in [1.807, 2.05) is 29.6 Å². The number of aliphatic hydroxyl groups excluding tert-OH is 1. The van der Waals surface area contributed by atoms with Gasteiger partial charge in [-0.3, -0.25) is 0 Å². The zero-order valence-electron chi connectivity index (χ0n) is 8.64. The molecule has 0 aliphatic heterocycles. The van der Waals surface area contributed by atoms with E-state index < -0.39 is 0 Å². The summed E-state index contributed by atoms with van der Waals surface area (Å²) in [4.78, 5) is 4.17. The molecular weight excluding hydrogens is 286 g/mol. The van der Waals surface area contributed by atoms with Gasteiger partial charge in [-0.1, -0.05) is 34.1 Å². The first-order valence-corrected chi connectivity index (χ1v) is 6.73. The molecule has 0 spiro atoms. The van der Waals surface area contributed by atoms with Gasteiger partial charge in [0.2, 0.25) is 0 Å². The molecule has 0 aliphatic carbocycles. The lowest BCUT2D eigenvalue weighted by atomic mass is 10.1. The van der Waals surface area contributed by atoms with E-state index in [0.29, 0.717) is 12.8 Å². The first kappa shape index (κ1) is 11.8. The Morgan fingerprint density at radius 2 is 2.12 bits per heavy atom. The van der Waals surface area contributed by atoms with Gasteiger partial charge in [0.25, 0.3) is 0 Å². The number of thiazole rings is 1. The summed E-state index contributed by atoms with van der Waals surface area (Å²) in [6.45, 7) is 0. The lowest BCUT2D eigenvalue weighted by Gasteiger charge is -2.10. The van der Waals surface area contributed by atoms with Crippen molar-refractivity contribution in [3.05, 3.63) is 50.9 Å². The van der Waals surface area contributed by atoms with Crippen molar-refractivity contribution in [3.63, 3.8) is 0 Å². The summed E-state index contributed by atoms with van der Waals surface area (Å²) in [6, 6.07) is 7.97. The molecule has 1 N–H and O–H groups in total. The molecule has 2 aromatic rings. The zero-order chi connectivity index (χ0) is 11.4. The molecule has 1 unspecified atom stereocenters. The Labute approximate surface area is 107 Å². The Kier molecular flexibility index (Phi) is 4.09. The van der Waals surface area contributed by atoms with Gasteiger partial charge in [0, 0.05) is 22.5 Å². The molecular formula is C12H12BrNOS. The van der Waals surface area contributed by atoms with Crippen molar-refractivity contribution in [1.82, 2.24) is 4.98 Å². The minimum atomic E-state index is -0.371. The van der Waals surface area contributed by atoms with Crippen LogP contribution < -0.4 is 0 Å². The predicted molar refractivity (Wildman–Crippen MR) is 69.7 cm³/mol. The highest BCUT2D eigenvalue weighted by Gasteiger charge is 2.10. The van der Waals surface area contributed by atoms with Crippen molar-refractivity contribution in [1.29, 1.82) is 0 Å². The van der Waals surface area contributed by atoms with Crippen LogP contribution in [-0.2, 0) is 12.8 Å². The van der Waals surface area contributed by atoms with E-state index in [9.17, 15) is 5.11 Å². The van der Waals surface area contributed by atoms with Crippen LogP contribution in [0.2, 0.25) is 0 Å². The van der Waals surface area contributed by atoms with Crippen molar-refractivity contribution >= 4 is 27.3 Å². The highest BCUT2D eigenvalue weighted by Crippen LogP contribution is 2.19. The maximum absolute atomic E-state index is 9.94. The average Bonchev–Trinajstić information content (AvgIpc) is 2.74. The van der Waals surface area contributed by atoms with Crippen LogP contribution in [-0.4, -0.2) is 16.2 Å².